The lowest BCUT2D eigenvalue weighted by molar-refractivity contribution is -0.00593. The van der Waals surface area contributed by atoms with E-state index >= 15 is 0 Å². The van der Waals surface area contributed by atoms with Crippen molar-refractivity contribution >= 4 is 17.9 Å². The van der Waals surface area contributed by atoms with Gasteiger partial charge in [0, 0.05) is 35.5 Å². The summed E-state index contributed by atoms with van der Waals surface area (Å²) in [5, 5.41) is 5.62. The fraction of sp³-hybridized carbons (Fsp3) is 0.375. The Morgan fingerprint density at radius 1 is 1.22 bits per heavy atom. The lowest BCUT2D eigenvalue weighted by Crippen LogP contribution is -2.38. The maximum Gasteiger partial charge on any atom is 0.290 e. The molecule has 1 saturated heterocycles. The monoisotopic (exact) mass is 334 g/mol. The lowest BCUT2D eigenvalue weighted by Gasteiger charge is -2.31. The zero-order chi connectivity index (χ0) is 16.0. The molecule has 2 heterocycles. The Labute approximate surface area is 137 Å². The van der Waals surface area contributed by atoms with E-state index in [1.807, 2.05) is 29.2 Å². The van der Waals surface area contributed by atoms with Gasteiger partial charge in [-0.15, -0.1) is 0 Å². The predicted molar refractivity (Wildman–Crippen MR) is 86.6 cm³/mol. The van der Waals surface area contributed by atoms with Crippen molar-refractivity contribution in [2.75, 3.05) is 18.0 Å². The maximum absolute atomic E-state index is 14.2. The van der Waals surface area contributed by atoms with Gasteiger partial charge in [-0.2, -0.15) is 8.78 Å². The van der Waals surface area contributed by atoms with Crippen LogP contribution < -0.4 is 10.0 Å². The molecular formula is C16H16F2N4S. The molecule has 1 fully saturated rings. The summed E-state index contributed by atoms with van der Waals surface area (Å²) < 4.78 is 28.4. The Balaban J connectivity index is 1.89. The molecule has 120 valence electrons. The van der Waals surface area contributed by atoms with Gasteiger partial charge >= 0.3 is 0 Å². The van der Waals surface area contributed by atoms with Crippen LogP contribution in [0.15, 0.2) is 29.2 Å². The van der Waals surface area contributed by atoms with Gasteiger partial charge in [-0.25, -0.2) is 9.97 Å². The van der Waals surface area contributed by atoms with Crippen molar-refractivity contribution in [3.63, 3.8) is 0 Å². The summed E-state index contributed by atoms with van der Waals surface area (Å²) in [6.45, 7) is 1.64. The highest BCUT2D eigenvalue weighted by Crippen LogP contribution is 2.44. The number of halogens is 2. The van der Waals surface area contributed by atoms with Gasteiger partial charge in [0.15, 0.2) is 0 Å². The van der Waals surface area contributed by atoms with Crippen LogP contribution in [0.5, 0.6) is 0 Å². The van der Waals surface area contributed by atoms with Crippen LogP contribution in [0.1, 0.15) is 24.1 Å². The third-order valence-electron chi connectivity index (χ3n) is 4.41. The average molecular weight is 334 g/mol. The molecule has 0 unspecified atom stereocenters. The quantitative estimate of drug-likeness (QED) is 0.872. The summed E-state index contributed by atoms with van der Waals surface area (Å²) in [5.74, 6) is -2.45. The molecule has 2 aromatic rings. The lowest BCUT2D eigenvalue weighted by atomic mass is 10.1. The minimum Gasteiger partial charge on any atom is -0.341 e. The molecule has 2 N–H and O–H groups in total. The van der Waals surface area contributed by atoms with Gasteiger partial charge in [0.1, 0.15) is 5.69 Å². The number of nitrogens with zero attached hydrogens (tertiary/aromatic N) is 3. The summed E-state index contributed by atoms with van der Waals surface area (Å²) >= 11 is 1.13. The summed E-state index contributed by atoms with van der Waals surface area (Å²) in [4.78, 5) is 11.6. The normalized spacial score (nSPS) is 18.7. The molecular weight excluding hydrogens is 318 g/mol. The first-order valence-corrected chi connectivity index (χ1v) is 8.48. The number of anilines is 1. The number of benzene rings is 1. The molecule has 1 aliphatic carbocycles. The zero-order valence-electron chi connectivity index (χ0n) is 12.4. The van der Waals surface area contributed by atoms with Crippen molar-refractivity contribution in [1.29, 1.82) is 0 Å². The van der Waals surface area contributed by atoms with Gasteiger partial charge in [-0.05, 0) is 36.9 Å². The average Bonchev–Trinajstić information content (AvgIpc) is 2.81. The van der Waals surface area contributed by atoms with E-state index in [1.165, 1.54) is 0 Å². The Morgan fingerprint density at radius 2 is 2.04 bits per heavy atom. The fourth-order valence-corrected chi connectivity index (χ4v) is 3.38. The van der Waals surface area contributed by atoms with Crippen molar-refractivity contribution in [1.82, 2.24) is 9.97 Å². The first-order chi connectivity index (χ1) is 11.1. The van der Waals surface area contributed by atoms with E-state index in [2.05, 4.69) is 9.97 Å². The number of alkyl halides is 2. The highest BCUT2D eigenvalue weighted by atomic mass is 32.2. The van der Waals surface area contributed by atoms with E-state index in [1.54, 1.807) is 0 Å². The summed E-state index contributed by atoms with van der Waals surface area (Å²) in [6.07, 6.45) is 1.15. The molecule has 0 radical (unpaired) electrons. The van der Waals surface area contributed by atoms with Crippen molar-refractivity contribution < 1.29 is 8.78 Å². The Kier molecular flexibility index (Phi) is 3.50. The van der Waals surface area contributed by atoms with Crippen LogP contribution in [0.2, 0.25) is 0 Å². The molecule has 4 rings (SSSR count). The first kappa shape index (κ1) is 14.8. The third kappa shape index (κ3) is 2.48. The summed E-state index contributed by atoms with van der Waals surface area (Å²) in [6, 6.07) is 7.54. The number of aromatic nitrogens is 2. The molecule has 23 heavy (non-hydrogen) atoms. The van der Waals surface area contributed by atoms with E-state index < -0.39 is 5.92 Å². The minimum absolute atomic E-state index is 0.102. The number of hydrogen-bond donors (Lipinski definition) is 1. The molecule has 0 bridgehead atoms. The third-order valence-corrected chi connectivity index (χ3v) is 4.94. The van der Waals surface area contributed by atoms with Crippen LogP contribution in [0.4, 0.5) is 14.7 Å². The van der Waals surface area contributed by atoms with E-state index in [4.69, 9.17) is 5.14 Å². The molecule has 1 aliphatic heterocycles. The van der Waals surface area contributed by atoms with Crippen LogP contribution in [0.3, 0.4) is 0 Å². The van der Waals surface area contributed by atoms with Crippen LogP contribution in [0.25, 0.3) is 11.3 Å². The fourth-order valence-electron chi connectivity index (χ4n) is 3.02. The molecule has 1 aromatic heterocycles. The second kappa shape index (κ2) is 5.42. The highest BCUT2D eigenvalue weighted by Gasteiger charge is 2.43. The molecule has 1 aromatic carbocycles. The van der Waals surface area contributed by atoms with Gasteiger partial charge < -0.3 is 4.90 Å². The SMILES string of the molecule is NSc1cccc(-c2nc(N3CCC3)nc3c2CCC3(F)F)c1. The minimum atomic E-state index is -2.87. The van der Waals surface area contributed by atoms with Gasteiger partial charge in [0.2, 0.25) is 5.95 Å². The molecule has 2 aliphatic rings. The van der Waals surface area contributed by atoms with Crippen molar-refractivity contribution in [2.45, 2.75) is 30.1 Å². The molecule has 0 atom stereocenters. The Hall–Kier alpha value is -1.73. The van der Waals surface area contributed by atoms with Crippen LogP contribution in [-0.4, -0.2) is 23.1 Å². The number of nitrogens with two attached hydrogens (primary N) is 1. The molecule has 7 heteroatoms. The molecule has 0 amide bonds. The molecule has 0 spiro atoms. The van der Waals surface area contributed by atoms with E-state index in [-0.39, 0.29) is 12.1 Å². The maximum atomic E-state index is 14.2. The highest BCUT2D eigenvalue weighted by molar-refractivity contribution is 7.97. The number of hydrogen-bond acceptors (Lipinski definition) is 5. The van der Waals surface area contributed by atoms with Crippen molar-refractivity contribution in [3.8, 4) is 11.3 Å². The number of rotatable bonds is 3. The smallest absolute Gasteiger partial charge is 0.290 e. The van der Waals surface area contributed by atoms with Crippen molar-refractivity contribution in [2.24, 2.45) is 5.14 Å². The van der Waals surface area contributed by atoms with E-state index in [0.29, 0.717) is 23.6 Å². The molecule has 4 nitrogen and oxygen atoms in total. The van der Waals surface area contributed by atoms with Crippen LogP contribution in [0, 0.1) is 0 Å². The zero-order valence-corrected chi connectivity index (χ0v) is 13.2. The number of fused-ring (bicyclic) bond motifs is 1. The van der Waals surface area contributed by atoms with E-state index in [9.17, 15) is 8.78 Å². The molecule has 0 saturated carbocycles. The largest absolute Gasteiger partial charge is 0.341 e. The van der Waals surface area contributed by atoms with Gasteiger partial charge in [-0.3, -0.25) is 5.14 Å². The van der Waals surface area contributed by atoms with Crippen LogP contribution in [-0.2, 0) is 12.3 Å². The standard InChI is InChI=1S/C16H16F2N4S/c17-16(18)6-5-12-13(10-3-1-4-11(9-10)23-19)20-15(21-14(12)16)22-7-2-8-22/h1,3-4,9H,2,5-8,19H2. The predicted octanol–water partition coefficient (Wildman–Crippen LogP) is 3.36. The second-order valence-electron chi connectivity index (χ2n) is 5.89. The summed E-state index contributed by atoms with van der Waals surface area (Å²) in [5.41, 5.74) is 1.90. The Morgan fingerprint density at radius 3 is 2.74 bits per heavy atom. The van der Waals surface area contributed by atoms with Gasteiger partial charge in [-0.1, -0.05) is 12.1 Å². The van der Waals surface area contributed by atoms with Crippen LogP contribution >= 0.6 is 11.9 Å². The topological polar surface area (TPSA) is 55.0 Å². The van der Waals surface area contributed by atoms with Gasteiger partial charge in [0.25, 0.3) is 5.92 Å². The summed E-state index contributed by atoms with van der Waals surface area (Å²) in [7, 11) is 0. The van der Waals surface area contributed by atoms with Crippen molar-refractivity contribution in [3.05, 3.63) is 35.5 Å². The van der Waals surface area contributed by atoms with Gasteiger partial charge in [0.05, 0.1) is 5.69 Å². The van der Waals surface area contributed by atoms with E-state index in [0.717, 1.165) is 41.9 Å². The Bertz CT molecular complexity index is 762. The first-order valence-electron chi connectivity index (χ1n) is 7.60. The second-order valence-corrected chi connectivity index (χ2v) is 6.60.